The van der Waals surface area contributed by atoms with Crippen molar-refractivity contribution in [1.29, 1.82) is 0 Å². The first-order valence-corrected chi connectivity index (χ1v) is 10.6. The van der Waals surface area contributed by atoms with Gasteiger partial charge < -0.3 is 14.8 Å². The van der Waals surface area contributed by atoms with E-state index < -0.39 is 0 Å². The molecular formula is C21H23N5O3S. The summed E-state index contributed by atoms with van der Waals surface area (Å²) in [5.74, 6) is 2.48. The maximum atomic E-state index is 12.6. The van der Waals surface area contributed by atoms with Crippen LogP contribution in [0.25, 0.3) is 5.95 Å². The van der Waals surface area contributed by atoms with Crippen LogP contribution in [0.4, 0.5) is 5.82 Å². The van der Waals surface area contributed by atoms with Gasteiger partial charge in [-0.25, -0.2) is 9.97 Å². The smallest absolute Gasteiger partial charge is 0.252 e. The summed E-state index contributed by atoms with van der Waals surface area (Å²) in [6.45, 7) is 7.28. The first-order chi connectivity index (χ1) is 14.4. The minimum atomic E-state index is -0.181. The highest BCUT2D eigenvalue weighted by Crippen LogP contribution is 2.34. The van der Waals surface area contributed by atoms with Gasteiger partial charge in [0.1, 0.15) is 19.0 Å². The molecule has 0 aliphatic carbocycles. The zero-order valence-electron chi connectivity index (χ0n) is 17.1. The lowest BCUT2D eigenvalue weighted by atomic mass is 9.92. The lowest BCUT2D eigenvalue weighted by molar-refractivity contribution is -0.113. The molecule has 156 valence electrons. The number of hydrogen-bond acceptors (Lipinski definition) is 7. The molecule has 30 heavy (non-hydrogen) atoms. The third-order valence-corrected chi connectivity index (χ3v) is 5.36. The van der Waals surface area contributed by atoms with Gasteiger partial charge in [-0.1, -0.05) is 20.8 Å². The normalized spacial score (nSPS) is 13.2. The number of carbonyl (C=O) groups is 1. The number of aromatic nitrogens is 4. The summed E-state index contributed by atoms with van der Waals surface area (Å²) >= 11 is 1.43. The number of hydrogen-bond donors (Lipinski definition) is 1. The van der Waals surface area contributed by atoms with E-state index in [4.69, 9.17) is 9.47 Å². The van der Waals surface area contributed by atoms with Crippen LogP contribution in [0.2, 0.25) is 0 Å². The number of anilines is 1. The second kappa shape index (κ2) is 8.35. The topological polar surface area (TPSA) is 91.2 Å². The summed E-state index contributed by atoms with van der Waals surface area (Å²) in [6, 6.07) is 9.28. The predicted molar refractivity (Wildman–Crippen MR) is 115 cm³/mol. The van der Waals surface area contributed by atoms with Gasteiger partial charge in [-0.05, 0) is 24.3 Å². The number of nitrogens with zero attached hydrogens (tertiary/aromatic N) is 4. The Hall–Kier alpha value is -3.07. The molecule has 0 fully saturated rings. The number of thioether (sulfide) groups is 1. The lowest BCUT2D eigenvalue weighted by Gasteiger charge is -2.18. The first kappa shape index (κ1) is 20.2. The van der Waals surface area contributed by atoms with Crippen molar-refractivity contribution in [2.24, 2.45) is 0 Å². The third kappa shape index (κ3) is 4.56. The fraction of sp³-hybridized carbons (Fsp3) is 0.333. The summed E-state index contributed by atoms with van der Waals surface area (Å²) < 4.78 is 12.7. The molecule has 1 aromatic carbocycles. The molecule has 0 saturated carbocycles. The Bertz CT molecular complexity index is 1050. The summed E-state index contributed by atoms with van der Waals surface area (Å²) in [5.41, 5.74) is 0.657. The monoisotopic (exact) mass is 425 g/mol. The van der Waals surface area contributed by atoms with Gasteiger partial charge in [-0.2, -0.15) is 9.78 Å². The average Bonchev–Trinajstić information content (AvgIpc) is 3.17. The van der Waals surface area contributed by atoms with E-state index in [1.807, 2.05) is 24.3 Å². The number of nitrogens with one attached hydrogen (secondary N) is 1. The van der Waals surface area contributed by atoms with Gasteiger partial charge in [0, 0.05) is 28.8 Å². The van der Waals surface area contributed by atoms with Gasteiger partial charge in [-0.3, -0.25) is 4.79 Å². The maximum Gasteiger partial charge on any atom is 0.252 e. The molecule has 0 atom stereocenters. The van der Waals surface area contributed by atoms with Crippen molar-refractivity contribution in [3.05, 3.63) is 48.4 Å². The van der Waals surface area contributed by atoms with Crippen molar-refractivity contribution < 1.29 is 14.3 Å². The number of amides is 1. The fourth-order valence-corrected chi connectivity index (χ4v) is 3.56. The van der Waals surface area contributed by atoms with E-state index in [0.29, 0.717) is 30.7 Å². The molecular weight excluding hydrogens is 402 g/mol. The molecule has 0 unspecified atom stereocenters. The number of rotatable bonds is 5. The van der Waals surface area contributed by atoms with Crippen LogP contribution in [0.5, 0.6) is 11.5 Å². The molecule has 1 aliphatic rings. The van der Waals surface area contributed by atoms with Gasteiger partial charge in [0.15, 0.2) is 11.5 Å². The van der Waals surface area contributed by atoms with E-state index in [1.54, 1.807) is 23.1 Å². The molecule has 1 amide bonds. The van der Waals surface area contributed by atoms with Crippen LogP contribution < -0.4 is 14.8 Å². The van der Waals surface area contributed by atoms with Crippen LogP contribution in [0.3, 0.4) is 0 Å². The molecule has 9 heteroatoms. The number of fused-ring (bicyclic) bond motifs is 1. The van der Waals surface area contributed by atoms with Crippen LogP contribution in [0.1, 0.15) is 26.5 Å². The quantitative estimate of drug-likeness (QED) is 0.626. The molecule has 0 spiro atoms. The minimum Gasteiger partial charge on any atom is -0.486 e. The molecule has 3 heterocycles. The second-order valence-electron chi connectivity index (χ2n) is 7.77. The van der Waals surface area contributed by atoms with Crippen molar-refractivity contribution in [3.8, 4) is 17.4 Å². The Kier molecular flexibility index (Phi) is 5.63. The largest absolute Gasteiger partial charge is 0.486 e. The average molecular weight is 426 g/mol. The van der Waals surface area contributed by atoms with Crippen LogP contribution >= 0.6 is 11.8 Å². The Labute approximate surface area is 179 Å². The summed E-state index contributed by atoms with van der Waals surface area (Å²) in [5, 5.41) is 7.55. The molecule has 3 aromatic rings. The SMILES string of the molecule is CC(C)(C)c1cc(NC(=O)CSc2ccc3c(c2)OCCO3)n(-c2ncccn2)n1. The van der Waals surface area contributed by atoms with Gasteiger partial charge >= 0.3 is 0 Å². The van der Waals surface area contributed by atoms with E-state index in [0.717, 1.165) is 16.3 Å². The molecule has 0 bridgehead atoms. The molecule has 2 aromatic heterocycles. The predicted octanol–water partition coefficient (Wildman–Crippen LogP) is 3.46. The maximum absolute atomic E-state index is 12.6. The fourth-order valence-electron chi connectivity index (χ4n) is 2.83. The van der Waals surface area contributed by atoms with Crippen molar-refractivity contribution in [3.63, 3.8) is 0 Å². The Balaban J connectivity index is 1.48. The zero-order chi connectivity index (χ0) is 21.1. The van der Waals surface area contributed by atoms with Crippen LogP contribution in [-0.2, 0) is 10.2 Å². The van der Waals surface area contributed by atoms with Gasteiger partial charge in [0.05, 0.1) is 11.4 Å². The third-order valence-electron chi connectivity index (χ3n) is 4.37. The summed E-state index contributed by atoms with van der Waals surface area (Å²) in [7, 11) is 0. The molecule has 1 N–H and O–H groups in total. The molecule has 4 rings (SSSR count). The van der Waals surface area contributed by atoms with E-state index in [-0.39, 0.29) is 17.1 Å². The van der Waals surface area contributed by atoms with Gasteiger partial charge in [-0.15, -0.1) is 11.8 Å². The highest BCUT2D eigenvalue weighted by atomic mass is 32.2. The number of carbonyl (C=O) groups excluding carboxylic acids is 1. The summed E-state index contributed by atoms with van der Waals surface area (Å²) in [4.78, 5) is 22.1. The number of benzene rings is 1. The van der Waals surface area contributed by atoms with Crippen LogP contribution in [-0.4, -0.2) is 44.6 Å². The number of ether oxygens (including phenoxy) is 2. The molecule has 1 aliphatic heterocycles. The van der Waals surface area contributed by atoms with Gasteiger partial charge in [0.2, 0.25) is 5.91 Å². The highest BCUT2D eigenvalue weighted by molar-refractivity contribution is 8.00. The van der Waals surface area contributed by atoms with Gasteiger partial charge in [0.25, 0.3) is 5.95 Å². The highest BCUT2D eigenvalue weighted by Gasteiger charge is 2.22. The first-order valence-electron chi connectivity index (χ1n) is 9.60. The van der Waals surface area contributed by atoms with Crippen molar-refractivity contribution in [2.75, 3.05) is 24.3 Å². The molecule has 0 saturated heterocycles. The summed E-state index contributed by atoms with van der Waals surface area (Å²) in [6.07, 6.45) is 3.29. The molecule has 0 radical (unpaired) electrons. The van der Waals surface area contributed by atoms with E-state index >= 15 is 0 Å². The lowest BCUT2D eigenvalue weighted by Crippen LogP contribution is -2.18. The van der Waals surface area contributed by atoms with Crippen molar-refractivity contribution in [2.45, 2.75) is 31.1 Å². The second-order valence-corrected chi connectivity index (χ2v) is 8.82. The Morgan fingerprint density at radius 2 is 1.87 bits per heavy atom. The van der Waals surface area contributed by atoms with Crippen LogP contribution in [0, 0.1) is 0 Å². The zero-order valence-corrected chi connectivity index (χ0v) is 17.9. The Morgan fingerprint density at radius 1 is 1.13 bits per heavy atom. The standard InChI is InChI=1S/C21H23N5O3S/c1-21(2,3)17-12-18(26(25-17)20-22-7-4-8-23-20)24-19(27)13-30-14-5-6-15-16(11-14)29-10-9-28-15/h4-8,11-12H,9-10,13H2,1-3H3,(H,24,27). The van der Waals surface area contributed by atoms with Crippen molar-refractivity contribution >= 4 is 23.5 Å². The van der Waals surface area contributed by atoms with E-state index in [1.165, 1.54) is 11.8 Å². The van der Waals surface area contributed by atoms with E-state index in [9.17, 15) is 4.79 Å². The van der Waals surface area contributed by atoms with E-state index in [2.05, 4.69) is 41.2 Å². The van der Waals surface area contributed by atoms with Crippen molar-refractivity contribution in [1.82, 2.24) is 19.7 Å². The minimum absolute atomic E-state index is 0.146. The Morgan fingerprint density at radius 3 is 2.60 bits per heavy atom. The molecule has 8 nitrogen and oxygen atoms in total. The van der Waals surface area contributed by atoms with Crippen LogP contribution in [0.15, 0.2) is 47.6 Å².